The lowest BCUT2D eigenvalue weighted by Crippen LogP contribution is -2.23. The number of amides is 1. The van der Waals surface area contributed by atoms with Crippen LogP contribution in [0.1, 0.15) is 39.4 Å². The van der Waals surface area contributed by atoms with Gasteiger partial charge in [0.15, 0.2) is 0 Å². The molecule has 1 atom stereocenters. The maximum atomic E-state index is 14.3. The van der Waals surface area contributed by atoms with Crippen LogP contribution in [0.4, 0.5) is 35.9 Å². The van der Waals surface area contributed by atoms with Crippen LogP contribution >= 0.6 is 0 Å². The van der Waals surface area contributed by atoms with Gasteiger partial charge in [-0.05, 0) is 48.7 Å². The van der Waals surface area contributed by atoms with Crippen molar-refractivity contribution >= 4 is 28.7 Å². The second-order valence-corrected chi connectivity index (χ2v) is 9.43. The molecule has 196 valence electrons. The number of hydrogen-bond acceptors (Lipinski definition) is 5. The molecule has 1 aliphatic heterocycles. The second kappa shape index (κ2) is 10.2. The molecule has 4 aromatic rings. The lowest BCUT2D eigenvalue weighted by atomic mass is 9.88. The van der Waals surface area contributed by atoms with Crippen molar-refractivity contribution in [2.45, 2.75) is 25.4 Å². The molecule has 2 aromatic heterocycles. The molecule has 1 aliphatic rings. The third kappa shape index (κ3) is 5.34. The first-order valence-electron chi connectivity index (χ1n) is 12.2. The normalized spacial score (nSPS) is 15.5. The number of halogens is 3. The highest BCUT2D eigenvalue weighted by atomic mass is 19.4. The summed E-state index contributed by atoms with van der Waals surface area (Å²) in [6, 6.07) is 13.4. The third-order valence-corrected chi connectivity index (χ3v) is 6.70. The van der Waals surface area contributed by atoms with Crippen LogP contribution in [0.2, 0.25) is 0 Å². The Balaban J connectivity index is 1.44. The Labute approximate surface area is 218 Å². The molecule has 1 fully saturated rings. The molecule has 38 heavy (non-hydrogen) atoms. The number of carbonyl (C=O) groups excluding carboxylic acids is 1. The van der Waals surface area contributed by atoms with Crippen LogP contribution in [0.15, 0.2) is 73.3 Å². The second-order valence-electron chi connectivity index (χ2n) is 9.43. The van der Waals surface area contributed by atoms with E-state index in [1.54, 1.807) is 59.7 Å². The zero-order chi connectivity index (χ0) is 26.9. The molecule has 3 heterocycles. The Morgan fingerprint density at radius 3 is 2.55 bits per heavy atom. The van der Waals surface area contributed by atoms with Gasteiger partial charge in [0.1, 0.15) is 0 Å². The summed E-state index contributed by atoms with van der Waals surface area (Å²) in [6.45, 7) is 2.37. The number of carbonyl (C=O) groups is 1. The maximum Gasteiger partial charge on any atom is 0.417 e. The average Bonchev–Trinajstić information content (AvgIpc) is 3.54. The number of nitrogens with one attached hydrogen (secondary N) is 2. The van der Waals surface area contributed by atoms with Gasteiger partial charge in [-0.2, -0.15) is 18.3 Å². The summed E-state index contributed by atoms with van der Waals surface area (Å²) in [7, 11) is 1.82. The molecule has 10 heteroatoms. The number of alkyl halides is 3. The summed E-state index contributed by atoms with van der Waals surface area (Å²) < 4.78 is 44.7. The zero-order valence-electron chi connectivity index (χ0n) is 21.0. The number of anilines is 4. The van der Waals surface area contributed by atoms with Crippen LogP contribution in [-0.4, -0.2) is 33.8 Å². The third-order valence-electron chi connectivity index (χ3n) is 6.70. The summed E-state index contributed by atoms with van der Waals surface area (Å²) in [6.07, 6.45) is 2.86. The molecular weight excluding hydrogens is 493 g/mol. The van der Waals surface area contributed by atoms with Gasteiger partial charge in [-0.25, -0.2) is 0 Å². The summed E-state index contributed by atoms with van der Waals surface area (Å²) in [5, 5.41) is 10.1. The smallest absolute Gasteiger partial charge is 0.370 e. The summed E-state index contributed by atoms with van der Waals surface area (Å²) >= 11 is 0. The first kappa shape index (κ1) is 25.3. The van der Waals surface area contributed by atoms with Crippen molar-refractivity contribution in [2.75, 3.05) is 28.6 Å². The predicted octanol–water partition coefficient (Wildman–Crippen LogP) is 6.13. The SMILES string of the molecule is Cc1ccc(NC(=O)c2ccccc2)c([C@@H]2CCN(c3cncc(Nc4cnn(C)c4)c3)C2)c1C(F)(F)F. The largest absolute Gasteiger partial charge is 0.417 e. The Hall–Kier alpha value is -4.34. The van der Waals surface area contributed by atoms with Gasteiger partial charge in [0.25, 0.3) is 5.91 Å². The molecule has 1 amide bonds. The molecule has 2 aromatic carbocycles. The fraction of sp³-hybridized carbons (Fsp3) is 0.250. The Bertz CT molecular complexity index is 1450. The van der Waals surface area contributed by atoms with Crippen LogP contribution in [0.3, 0.4) is 0 Å². The lowest BCUT2D eigenvalue weighted by molar-refractivity contribution is -0.138. The lowest BCUT2D eigenvalue weighted by Gasteiger charge is -2.25. The van der Waals surface area contributed by atoms with Crippen molar-refractivity contribution in [1.29, 1.82) is 0 Å². The summed E-state index contributed by atoms with van der Waals surface area (Å²) in [5.41, 5.74) is 2.51. The molecule has 5 rings (SSSR count). The first-order valence-corrected chi connectivity index (χ1v) is 12.2. The van der Waals surface area contributed by atoms with Crippen LogP contribution < -0.4 is 15.5 Å². The fourth-order valence-corrected chi connectivity index (χ4v) is 4.97. The number of pyridine rings is 1. The monoisotopic (exact) mass is 520 g/mol. The van der Waals surface area contributed by atoms with E-state index in [2.05, 4.69) is 20.7 Å². The van der Waals surface area contributed by atoms with Gasteiger partial charge < -0.3 is 15.5 Å². The van der Waals surface area contributed by atoms with Crippen LogP contribution in [-0.2, 0) is 13.2 Å². The van der Waals surface area contributed by atoms with Crippen molar-refractivity contribution in [3.05, 3.63) is 95.6 Å². The van der Waals surface area contributed by atoms with Gasteiger partial charge in [0, 0.05) is 43.5 Å². The topological polar surface area (TPSA) is 75.1 Å². The van der Waals surface area contributed by atoms with Crippen molar-refractivity contribution < 1.29 is 18.0 Å². The number of hydrogen-bond donors (Lipinski definition) is 2. The van der Waals surface area contributed by atoms with Gasteiger partial charge in [-0.15, -0.1) is 0 Å². The quantitative estimate of drug-likeness (QED) is 0.320. The zero-order valence-corrected chi connectivity index (χ0v) is 21.0. The predicted molar refractivity (Wildman–Crippen MR) is 141 cm³/mol. The van der Waals surface area contributed by atoms with Crippen LogP contribution in [0, 0.1) is 6.92 Å². The standard InChI is InChI=1S/C28H27F3N6O/c1-18-8-9-24(35-27(38)19-6-4-3-5-7-19)25(26(18)28(29,30)31)20-10-11-37(16-20)23-12-21(13-32-15-23)34-22-14-33-36(2)17-22/h3-9,12-15,17,20,34H,10-11,16H2,1-2H3,(H,35,38)/t20-/m1/s1. The van der Waals surface area contributed by atoms with E-state index < -0.39 is 23.6 Å². The first-order chi connectivity index (χ1) is 18.2. The van der Waals surface area contributed by atoms with Gasteiger partial charge >= 0.3 is 6.18 Å². The Kier molecular flexibility index (Phi) is 6.79. The van der Waals surface area contributed by atoms with Crippen molar-refractivity contribution in [3.8, 4) is 0 Å². The van der Waals surface area contributed by atoms with E-state index in [0.29, 0.717) is 25.1 Å². The molecule has 0 radical (unpaired) electrons. The minimum atomic E-state index is -4.56. The van der Waals surface area contributed by atoms with Crippen molar-refractivity contribution in [1.82, 2.24) is 14.8 Å². The fourth-order valence-electron chi connectivity index (χ4n) is 4.97. The van der Waals surface area contributed by atoms with E-state index in [0.717, 1.165) is 17.1 Å². The van der Waals surface area contributed by atoms with Crippen molar-refractivity contribution in [2.24, 2.45) is 7.05 Å². The van der Waals surface area contributed by atoms with E-state index >= 15 is 0 Å². The molecule has 0 bridgehead atoms. The Morgan fingerprint density at radius 1 is 1.05 bits per heavy atom. The molecule has 0 spiro atoms. The average molecular weight is 521 g/mol. The maximum absolute atomic E-state index is 14.3. The van der Waals surface area contributed by atoms with E-state index in [9.17, 15) is 18.0 Å². The number of aryl methyl sites for hydroxylation is 2. The highest BCUT2D eigenvalue weighted by Crippen LogP contribution is 2.44. The van der Waals surface area contributed by atoms with E-state index in [1.165, 1.54) is 13.0 Å². The molecule has 7 nitrogen and oxygen atoms in total. The summed E-state index contributed by atoms with van der Waals surface area (Å²) in [5.74, 6) is -0.885. The minimum Gasteiger partial charge on any atom is -0.370 e. The van der Waals surface area contributed by atoms with E-state index in [1.807, 2.05) is 24.2 Å². The highest BCUT2D eigenvalue weighted by Gasteiger charge is 2.40. The number of benzene rings is 2. The van der Waals surface area contributed by atoms with Gasteiger partial charge in [-0.3, -0.25) is 14.5 Å². The molecule has 2 N–H and O–H groups in total. The highest BCUT2D eigenvalue weighted by molar-refractivity contribution is 6.04. The minimum absolute atomic E-state index is 0.127. The molecule has 0 saturated carbocycles. The number of nitrogens with zero attached hydrogens (tertiary/aromatic N) is 4. The molecule has 1 saturated heterocycles. The van der Waals surface area contributed by atoms with Crippen molar-refractivity contribution in [3.63, 3.8) is 0 Å². The van der Waals surface area contributed by atoms with Gasteiger partial charge in [-0.1, -0.05) is 24.3 Å². The van der Waals surface area contributed by atoms with E-state index in [4.69, 9.17) is 0 Å². The Morgan fingerprint density at radius 2 is 1.84 bits per heavy atom. The van der Waals surface area contributed by atoms with Crippen LogP contribution in [0.25, 0.3) is 0 Å². The number of rotatable bonds is 6. The van der Waals surface area contributed by atoms with Gasteiger partial charge in [0.2, 0.25) is 0 Å². The van der Waals surface area contributed by atoms with Crippen LogP contribution in [0.5, 0.6) is 0 Å². The molecule has 0 unspecified atom stereocenters. The molecular formula is C28H27F3N6O. The van der Waals surface area contributed by atoms with E-state index in [-0.39, 0.29) is 16.8 Å². The molecule has 0 aliphatic carbocycles. The van der Waals surface area contributed by atoms with Gasteiger partial charge in [0.05, 0.1) is 41.2 Å². The number of aromatic nitrogens is 3. The summed E-state index contributed by atoms with van der Waals surface area (Å²) in [4.78, 5) is 19.2.